The van der Waals surface area contributed by atoms with Gasteiger partial charge < -0.3 is 25.0 Å². The van der Waals surface area contributed by atoms with Crippen LogP contribution in [0.25, 0.3) is 0 Å². The molecule has 1 aliphatic heterocycles. The molecule has 8 heteroatoms. The lowest BCUT2D eigenvalue weighted by atomic mass is 9.81. The van der Waals surface area contributed by atoms with Gasteiger partial charge in [-0.2, -0.15) is 0 Å². The average Bonchev–Trinajstić information content (AvgIpc) is 2.78. The number of aromatic nitrogens is 1. The van der Waals surface area contributed by atoms with Gasteiger partial charge >= 0.3 is 11.9 Å². The number of carbonyl (C=O) groups is 2. The van der Waals surface area contributed by atoms with Crippen molar-refractivity contribution in [3.05, 3.63) is 66.4 Å². The summed E-state index contributed by atoms with van der Waals surface area (Å²) in [5.41, 5.74) is 1.40. The van der Waals surface area contributed by atoms with Gasteiger partial charge in [0.25, 0.3) is 5.88 Å². The fourth-order valence-electron chi connectivity index (χ4n) is 3.32. The number of nitrogens with zero attached hydrogens (tertiary/aromatic N) is 1. The number of carboxylic acid groups (broad SMARTS) is 2. The Morgan fingerprint density at radius 1 is 1.10 bits per heavy atom. The monoisotopic (exact) mass is 428 g/mol. The zero-order valence-electron chi connectivity index (χ0n) is 17.4. The van der Waals surface area contributed by atoms with Crippen LogP contribution in [0.3, 0.4) is 0 Å². The molecule has 0 aliphatic carbocycles. The Morgan fingerprint density at radius 3 is 2.45 bits per heavy atom. The molecule has 8 nitrogen and oxygen atoms in total. The first-order chi connectivity index (χ1) is 15.0. The second kappa shape index (κ2) is 13.0. The maximum atomic E-state index is 9.55. The highest BCUT2D eigenvalue weighted by atomic mass is 16.5. The second-order valence-corrected chi connectivity index (χ2v) is 6.83. The lowest BCUT2D eigenvalue weighted by molar-refractivity contribution is -0.134. The normalized spacial score (nSPS) is 18.0. The number of hydrogen-bond donors (Lipinski definition) is 3. The Balaban J connectivity index is 0.000000366. The van der Waals surface area contributed by atoms with Gasteiger partial charge in [-0.05, 0) is 43.5 Å². The summed E-state index contributed by atoms with van der Waals surface area (Å²) in [6.45, 7) is 5.25. The van der Waals surface area contributed by atoms with Gasteiger partial charge in [-0.15, -0.1) is 0 Å². The number of pyridine rings is 1. The number of ether oxygens (including phenoxy) is 2. The molecule has 2 atom stereocenters. The highest BCUT2D eigenvalue weighted by Gasteiger charge is 2.27. The molecule has 166 valence electrons. The molecule has 1 fully saturated rings. The Kier molecular flexibility index (Phi) is 10.0. The number of aliphatic carboxylic acids is 2. The van der Waals surface area contributed by atoms with Crippen LogP contribution in [0.1, 0.15) is 24.8 Å². The van der Waals surface area contributed by atoms with Crippen LogP contribution in [0, 0.1) is 5.92 Å². The van der Waals surface area contributed by atoms with Gasteiger partial charge in [0.2, 0.25) is 0 Å². The lowest BCUT2D eigenvalue weighted by Gasteiger charge is -2.32. The molecule has 0 bridgehead atoms. The van der Waals surface area contributed by atoms with E-state index in [4.69, 9.17) is 19.7 Å². The van der Waals surface area contributed by atoms with E-state index in [1.807, 2.05) is 19.1 Å². The van der Waals surface area contributed by atoms with Gasteiger partial charge in [-0.1, -0.05) is 30.3 Å². The van der Waals surface area contributed by atoms with Crippen molar-refractivity contribution >= 4 is 11.9 Å². The minimum atomic E-state index is -1.26. The molecular weight excluding hydrogens is 400 g/mol. The van der Waals surface area contributed by atoms with E-state index in [2.05, 4.69) is 40.6 Å². The molecule has 31 heavy (non-hydrogen) atoms. The van der Waals surface area contributed by atoms with E-state index in [9.17, 15) is 9.59 Å². The first-order valence-electron chi connectivity index (χ1n) is 10.1. The average molecular weight is 428 g/mol. The van der Waals surface area contributed by atoms with Crippen molar-refractivity contribution in [3.8, 4) is 11.6 Å². The smallest absolute Gasteiger partial charge is 0.328 e. The van der Waals surface area contributed by atoms with Crippen molar-refractivity contribution in [2.75, 3.05) is 26.3 Å². The van der Waals surface area contributed by atoms with Crippen LogP contribution in [-0.4, -0.2) is 53.4 Å². The number of benzene rings is 1. The zero-order valence-corrected chi connectivity index (χ0v) is 17.4. The maximum Gasteiger partial charge on any atom is 0.328 e. The van der Waals surface area contributed by atoms with Crippen molar-refractivity contribution in [2.45, 2.75) is 19.3 Å². The molecule has 2 heterocycles. The standard InChI is InChI=1S/C19H24N2O2.C4H4O4/c1-2-22-18-9-6-11-21-19(18)23-14-16-13-20-12-10-17(16)15-7-4-3-5-8-15;5-3(6)1-2-4(7)8/h3-9,11,16-17,20H,2,10,12-14H2,1H3;1-2H,(H,5,6)(H,7,8)/b;2-1+/t16-,17-;/m0./s1. The molecule has 0 spiro atoms. The SMILES string of the molecule is CCOc1cccnc1OC[C@@H]1CNCC[C@H]1c1ccccc1.O=C(O)/C=C/C(=O)O. The molecule has 2 aromatic rings. The summed E-state index contributed by atoms with van der Waals surface area (Å²) in [6.07, 6.45) is 3.99. The summed E-state index contributed by atoms with van der Waals surface area (Å²) in [4.78, 5) is 23.4. The van der Waals surface area contributed by atoms with Gasteiger partial charge in [0.05, 0.1) is 13.2 Å². The summed E-state index contributed by atoms with van der Waals surface area (Å²) in [5.74, 6) is -0.249. The van der Waals surface area contributed by atoms with Crippen LogP contribution in [0.2, 0.25) is 0 Å². The summed E-state index contributed by atoms with van der Waals surface area (Å²) in [7, 11) is 0. The van der Waals surface area contributed by atoms with E-state index in [-0.39, 0.29) is 0 Å². The fourth-order valence-corrected chi connectivity index (χ4v) is 3.32. The van der Waals surface area contributed by atoms with Crippen LogP contribution in [0.5, 0.6) is 11.6 Å². The van der Waals surface area contributed by atoms with Crippen molar-refractivity contribution in [1.82, 2.24) is 10.3 Å². The minimum absolute atomic E-state index is 0.433. The van der Waals surface area contributed by atoms with Crippen molar-refractivity contribution < 1.29 is 29.3 Å². The number of nitrogens with one attached hydrogen (secondary N) is 1. The Bertz CT molecular complexity index is 840. The predicted molar refractivity (Wildman–Crippen MR) is 115 cm³/mol. The Labute approximate surface area is 181 Å². The summed E-state index contributed by atoms with van der Waals surface area (Å²) in [6, 6.07) is 14.5. The van der Waals surface area contributed by atoms with Gasteiger partial charge in [0.15, 0.2) is 5.75 Å². The molecular formula is C23H28N2O6. The van der Waals surface area contributed by atoms with Gasteiger partial charge in [-0.25, -0.2) is 14.6 Å². The van der Waals surface area contributed by atoms with Crippen LogP contribution in [0.4, 0.5) is 0 Å². The molecule has 0 unspecified atom stereocenters. The minimum Gasteiger partial charge on any atom is -0.488 e. The summed E-state index contributed by atoms with van der Waals surface area (Å²) >= 11 is 0. The van der Waals surface area contributed by atoms with E-state index < -0.39 is 11.9 Å². The van der Waals surface area contributed by atoms with Crippen molar-refractivity contribution in [3.63, 3.8) is 0 Å². The molecule has 1 aromatic carbocycles. The van der Waals surface area contributed by atoms with E-state index in [1.165, 1.54) is 5.56 Å². The second-order valence-electron chi connectivity index (χ2n) is 6.83. The van der Waals surface area contributed by atoms with Crippen LogP contribution in [0.15, 0.2) is 60.8 Å². The van der Waals surface area contributed by atoms with Crippen LogP contribution in [-0.2, 0) is 9.59 Å². The summed E-state index contributed by atoms with van der Waals surface area (Å²) in [5, 5.41) is 19.1. The first-order valence-corrected chi connectivity index (χ1v) is 10.1. The van der Waals surface area contributed by atoms with Crippen LogP contribution >= 0.6 is 0 Å². The highest BCUT2D eigenvalue weighted by molar-refractivity contribution is 5.89. The fraction of sp³-hybridized carbons (Fsp3) is 0.348. The van der Waals surface area contributed by atoms with Gasteiger partial charge in [-0.3, -0.25) is 0 Å². The molecule has 0 saturated carbocycles. The molecule has 1 aromatic heterocycles. The number of carboxylic acids is 2. The van der Waals surface area contributed by atoms with Crippen molar-refractivity contribution in [1.29, 1.82) is 0 Å². The van der Waals surface area contributed by atoms with E-state index in [0.717, 1.165) is 25.3 Å². The molecule has 1 saturated heterocycles. The van der Waals surface area contributed by atoms with E-state index in [0.29, 0.717) is 43.1 Å². The molecule has 3 N–H and O–H groups in total. The molecule has 0 radical (unpaired) electrons. The third-order valence-corrected chi connectivity index (χ3v) is 4.67. The Morgan fingerprint density at radius 2 is 1.81 bits per heavy atom. The molecule has 1 aliphatic rings. The predicted octanol–water partition coefficient (Wildman–Crippen LogP) is 2.96. The third kappa shape index (κ3) is 8.47. The number of rotatable bonds is 8. The van der Waals surface area contributed by atoms with Crippen LogP contribution < -0.4 is 14.8 Å². The largest absolute Gasteiger partial charge is 0.488 e. The first kappa shape index (κ1) is 23.9. The quantitative estimate of drug-likeness (QED) is 0.549. The maximum absolute atomic E-state index is 9.55. The summed E-state index contributed by atoms with van der Waals surface area (Å²) < 4.78 is 11.6. The van der Waals surface area contributed by atoms with Gasteiger partial charge in [0.1, 0.15) is 0 Å². The highest BCUT2D eigenvalue weighted by Crippen LogP contribution is 2.31. The lowest BCUT2D eigenvalue weighted by Crippen LogP contribution is -2.38. The van der Waals surface area contributed by atoms with E-state index >= 15 is 0 Å². The Hall–Kier alpha value is -3.39. The topological polar surface area (TPSA) is 118 Å². The zero-order chi connectivity index (χ0) is 22.5. The van der Waals surface area contributed by atoms with E-state index in [1.54, 1.807) is 6.20 Å². The number of piperidine rings is 1. The molecule has 0 amide bonds. The number of hydrogen-bond acceptors (Lipinski definition) is 6. The third-order valence-electron chi connectivity index (χ3n) is 4.67. The molecule has 3 rings (SSSR count). The van der Waals surface area contributed by atoms with Gasteiger partial charge in [0, 0.05) is 30.8 Å². The van der Waals surface area contributed by atoms with Crippen molar-refractivity contribution in [2.24, 2.45) is 5.92 Å².